The number of hydrogen-bond acceptors (Lipinski definition) is 1. The highest BCUT2D eigenvalue weighted by Gasteiger charge is 2.43. The van der Waals surface area contributed by atoms with E-state index in [1.165, 1.54) is 31.2 Å². The topological polar surface area (TPSA) is 26.0 Å². The number of hydrogen-bond donors (Lipinski definition) is 1. The highest BCUT2D eigenvalue weighted by Crippen LogP contribution is 2.49. The van der Waals surface area contributed by atoms with Crippen molar-refractivity contribution in [2.45, 2.75) is 38.0 Å². The fourth-order valence-electron chi connectivity index (χ4n) is 3.00. The van der Waals surface area contributed by atoms with Gasteiger partial charge in [0.15, 0.2) is 0 Å². The van der Waals surface area contributed by atoms with Gasteiger partial charge in [-0.05, 0) is 36.5 Å². The first-order valence-electron chi connectivity index (χ1n) is 6.16. The molecule has 16 heavy (non-hydrogen) atoms. The molecule has 0 radical (unpaired) electrons. The van der Waals surface area contributed by atoms with Crippen LogP contribution in [0.15, 0.2) is 28.7 Å². The van der Waals surface area contributed by atoms with Crippen molar-refractivity contribution in [2.75, 3.05) is 6.54 Å². The molecule has 2 N–H and O–H groups in total. The average molecular weight is 282 g/mol. The van der Waals surface area contributed by atoms with E-state index >= 15 is 0 Å². The van der Waals surface area contributed by atoms with Crippen LogP contribution in [0, 0.1) is 5.92 Å². The third-order valence-electron chi connectivity index (χ3n) is 3.88. The van der Waals surface area contributed by atoms with Crippen LogP contribution in [-0.2, 0) is 5.41 Å². The van der Waals surface area contributed by atoms with Gasteiger partial charge in [0.25, 0.3) is 0 Å². The highest BCUT2D eigenvalue weighted by atomic mass is 79.9. The highest BCUT2D eigenvalue weighted by molar-refractivity contribution is 9.10. The molecule has 0 amide bonds. The van der Waals surface area contributed by atoms with Gasteiger partial charge in [-0.1, -0.05) is 47.8 Å². The van der Waals surface area contributed by atoms with Crippen molar-refractivity contribution in [1.82, 2.24) is 0 Å². The molecule has 1 aliphatic carbocycles. The fraction of sp³-hybridized carbons (Fsp3) is 0.571. The van der Waals surface area contributed by atoms with Crippen LogP contribution in [0.4, 0.5) is 0 Å². The molecule has 1 aromatic rings. The van der Waals surface area contributed by atoms with Crippen LogP contribution in [0.5, 0.6) is 0 Å². The van der Waals surface area contributed by atoms with Gasteiger partial charge in [-0.15, -0.1) is 0 Å². The summed E-state index contributed by atoms with van der Waals surface area (Å²) in [5, 5.41) is 0. The van der Waals surface area contributed by atoms with Gasteiger partial charge in [-0.25, -0.2) is 0 Å². The Balaban J connectivity index is 2.13. The Morgan fingerprint density at radius 2 is 2.19 bits per heavy atom. The minimum absolute atomic E-state index is 0.267. The lowest BCUT2D eigenvalue weighted by molar-refractivity contribution is 0.139. The average Bonchev–Trinajstić information content (AvgIpc) is 2.23. The number of halogens is 1. The first-order valence-corrected chi connectivity index (χ1v) is 6.95. The minimum Gasteiger partial charge on any atom is -0.330 e. The van der Waals surface area contributed by atoms with Gasteiger partial charge in [0.1, 0.15) is 0 Å². The predicted octanol–water partition coefficient (Wildman–Crippen LogP) is 3.86. The molecule has 88 valence electrons. The fourth-order valence-corrected chi connectivity index (χ4v) is 3.40. The second-order valence-electron chi connectivity index (χ2n) is 5.06. The van der Waals surface area contributed by atoms with Crippen molar-refractivity contribution in [1.29, 1.82) is 0 Å². The molecule has 0 spiro atoms. The first-order chi connectivity index (χ1) is 7.70. The van der Waals surface area contributed by atoms with Crippen LogP contribution in [-0.4, -0.2) is 6.54 Å². The smallest absolute Gasteiger partial charge is 0.0178 e. The maximum Gasteiger partial charge on any atom is 0.0178 e. The van der Waals surface area contributed by atoms with E-state index in [0.29, 0.717) is 0 Å². The third-order valence-corrected chi connectivity index (χ3v) is 4.38. The SMILES string of the molecule is CCCC1CC(CN)(c2cccc(Br)c2)C1. The summed E-state index contributed by atoms with van der Waals surface area (Å²) in [6.07, 6.45) is 5.20. The summed E-state index contributed by atoms with van der Waals surface area (Å²) in [6, 6.07) is 8.65. The molecule has 0 heterocycles. The Morgan fingerprint density at radius 3 is 2.75 bits per heavy atom. The second-order valence-corrected chi connectivity index (χ2v) is 5.97. The maximum absolute atomic E-state index is 5.99. The van der Waals surface area contributed by atoms with Crippen molar-refractivity contribution in [3.05, 3.63) is 34.3 Å². The van der Waals surface area contributed by atoms with E-state index in [1.54, 1.807) is 0 Å². The Morgan fingerprint density at radius 1 is 1.44 bits per heavy atom. The summed E-state index contributed by atoms with van der Waals surface area (Å²) >= 11 is 3.54. The van der Waals surface area contributed by atoms with Crippen molar-refractivity contribution in [2.24, 2.45) is 11.7 Å². The quantitative estimate of drug-likeness (QED) is 0.891. The number of rotatable bonds is 4. The van der Waals surface area contributed by atoms with E-state index in [0.717, 1.165) is 16.9 Å². The van der Waals surface area contributed by atoms with Crippen LogP contribution in [0.2, 0.25) is 0 Å². The molecule has 0 bridgehead atoms. The normalized spacial score (nSPS) is 28.8. The summed E-state index contributed by atoms with van der Waals surface area (Å²) in [5.74, 6) is 0.896. The Bertz CT molecular complexity index is 356. The van der Waals surface area contributed by atoms with Crippen molar-refractivity contribution in [3.8, 4) is 0 Å². The van der Waals surface area contributed by atoms with Gasteiger partial charge in [0.05, 0.1) is 0 Å². The third kappa shape index (κ3) is 2.18. The van der Waals surface area contributed by atoms with Gasteiger partial charge in [-0.3, -0.25) is 0 Å². The molecule has 2 heteroatoms. The maximum atomic E-state index is 5.99. The van der Waals surface area contributed by atoms with Gasteiger partial charge >= 0.3 is 0 Å². The first kappa shape index (κ1) is 12.1. The molecule has 0 unspecified atom stereocenters. The van der Waals surface area contributed by atoms with Crippen molar-refractivity contribution >= 4 is 15.9 Å². The molecule has 1 aliphatic rings. The van der Waals surface area contributed by atoms with E-state index in [2.05, 4.69) is 47.1 Å². The second kappa shape index (κ2) is 4.89. The summed E-state index contributed by atoms with van der Waals surface area (Å²) in [7, 11) is 0. The summed E-state index contributed by atoms with van der Waals surface area (Å²) < 4.78 is 1.16. The van der Waals surface area contributed by atoms with Gasteiger partial charge in [0, 0.05) is 16.4 Å². The van der Waals surface area contributed by atoms with Gasteiger partial charge in [0.2, 0.25) is 0 Å². The van der Waals surface area contributed by atoms with Crippen LogP contribution in [0.3, 0.4) is 0 Å². The molecule has 0 aromatic heterocycles. The largest absolute Gasteiger partial charge is 0.330 e. The molecule has 1 nitrogen and oxygen atoms in total. The van der Waals surface area contributed by atoms with Gasteiger partial charge < -0.3 is 5.73 Å². The van der Waals surface area contributed by atoms with E-state index < -0.39 is 0 Å². The van der Waals surface area contributed by atoms with Gasteiger partial charge in [-0.2, -0.15) is 0 Å². The number of nitrogens with two attached hydrogens (primary N) is 1. The van der Waals surface area contributed by atoms with Crippen LogP contribution in [0.1, 0.15) is 38.2 Å². The van der Waals surface area contributed by atoms with Crippen LogP contribution < -0.4 is 5.73 Å². The Kier molecular flexibility index (Phi) is 3.70. The van der Waals surface area contributed by atoms with Crippen molar-refractivity contribution < 1.29 is 0 Å². The minimum atomic E-state index is 0.267. The van der Waals surface area contributed by atoms with Crippen LogP contribution in [0.25, 0.3) is 0 Å². The summed E-state index contributed by atoms with van der Waals surface area (Å²) in [4.78, 5) is 0. The Labute approximate surface area is 107 Å². The van der Waals surface area contributed by atoms with Crippen LogP contribution >= 0.6 is 15.9 Å². The zero-order valence-corrected chi connectivity index (χ0v) is 11.5. The molecule has 1 saturated carbocycles. The van der Waals surface area contributed by atoms with E-state index in [9.17, 15) is 0 Å². The summed E-state index contributed by atoms with van der Waals surface area (Å²) in [5.41, 5.74) is 7.68. The Hall–Kier alpha value is -0.340. The standard InChI is InChI=1S/C14H20BrN/c1-2-4-11-8-14(9-11,10-16)12-5-3-6-13(15)7-12/h3,5-7,11H,2,4,8-10,16H2,1H3. The molecule has 1 aromatic carbocycles. The molecular weight excluding hydrogens is 262 g/mol. The molecule has 0 atom stereocenters. The zero-order valence-electron chi connectivity index (χ0n) is 9.88. The predicted molar refractivity (Wildman–Crippen MR) is 72.5 cm³/mol. The van der Waals surface area contributed by atoms with E-state index in [1.807, 2.05) is 0 Å². The molecule has 2 rings (SSSR count). The zero-order chi connectivity index (χ0) is 11.6. The van der Waals surface area contributed by atoms with Crippen molar-refractivity contribution in [3.63, 3.8) is 0 Å². The molecule has 1 fully saturated rings. The van der Waals surface area contributed by atoms with E-state index in [-0.39, 0.29) is 5.41 Å². The summed E-state index contributed by atoms with van der Waals surface area (Å²) in [6.45, 7) is 3.05. The lowest BCUT2D eigenvalue weighted by Gasteiger charge is -2.48. The lowest BCUT2D eigenvalue weighted by Crippen LogP contribution is -2.47. The lowest BCUT2D eigenvalue weighted by atomic mass is 9.57. The van der Waals surface area contributed by atoms with E-state index in [4.69, 9.17) is 5.73 Å². The number of benzene rings is 1. The molecule has 0 aliphatic heterocycles. The molecule has 0 saturated heterocycles. The molecular formula is C14H20BrN. The monoisotopic (exact) mass is 281 g/mol.